The van der Waals surface area contributed by atoms with Crippen molar-refractivity contribution in [2.24, 2.45) is 0 Å². The number of furan rings is 1. The van der Waals surface area contributed by atoms with E-state index in [1.165, 1.54) is 12.1 Å². The Morgan fingerprint density at radius 3 is 2.71 bits per heavy atom. The Morgan fingerprint density at radius 2 is 2.00 bits per heavy atom. The van der Waals surface area contributed by atoms with Crippen LogP contribution in [0.15, 0.2) is 58.3 Å². The van der Waals surface area contributed by atoms with E-state index in [0.717, 1.165) is 4.88 Å². The van der Waals surface area contributed by atoms with Crippen LogP contribution in [0, 0.1) is 5.82 Å². The van der Waals surface area contributed by atoms with E-state index in [1.807, 2.05) is 17.5 Å². The molecule has 2 heterocycles. The largest absolute Gasteiger partial charge is 0.486 e. The maximum absolute atomic E-state index is 12.8. The fourth-order valence-electron chi connectivity index (χ4n) is 2.15. The molecular weight excluding hydrogens is 329 g/mol. The van der Waals surface area contributed by atoms with E-state index in [0.29, 0.717) is 18.1 Å². The topological polar surface area (TPSA) is 42.7 Å². The van der Waals surface area contributed by atoms with E-state index >= 15 is 0 Å². The summed E-state index contributed by atoms with van der Waals surface area (Å²) in [7, 11) is 1.74. The van der Waals surface area contributed by atoms with Gasteiger partial charge in [0, 0.05) is 11.9 Å². The van der Waals surface area contributed by atoms with Crippen molar-refractivity contribution < 1.29 is 18.3 Å². The van der Waals surface area contributed by atoms with Crippen LogP contribution < -0.4 is 4.74 Å². The van der Waals surface area contributed by atoms with E-state index in [-0.39, 0.29) is 24.1 Å². The molecule has 0 atom stereocenters. The number of carbonyl (C=O) groups is 1. The van der Waals surface area contributed by atoms with Gasteiger partial charge in [-0.05, 0) is 47.8 Å². The first-order valence-corrected chi connectivity index (χ1v) is 8.25. The first kappa shape index (κ1) is 16.3. The minimum Gasteiger partial charge on any atom is -0.486 e. The average molecular weight is 345 g/mol. The fourth-order valence-corrected chi connectivity index (χ4v) is 2.91. The van der Waals surface area contributed by atoms with Gasteiger partial charge in [0.15, 0.2) is 5.76 Å². The Balaban J connectivity index is 1.58. The number of carbonyl (C=O) groups excluding carboxylic acids is 1. The molecule has 124 valence electrons. The van der Waals surface area contributed by atoms with Gasteiger partial charge in [-0.3, -0.25) is 4.79 Å². The van der Waals surface area contributed by atoms with Crippen LogP contribution >= 0.6 is 11.3 Å². The second-order valence-corrected chi connectivity index (χ2v) is 6.28. The monoisotopic (exact) mass is 345 g/mol. The average Bonchev–Trinajstić information content (AvgIpc) is 3.25. The molecule has 1 aromatic carbocycles. The standard InChI is InChI=1S/C18H16FNO3S/c1-20(11-16-3-2-10-24-16)18(21)17-9-8-15(23-17)12-22-14-6-4-13(19)5-7-14/h2-10H,11-12H2,1H3. The number of hydrogen-bond donors (Lipinski definition) is 0. The van der Waals surface area contributed by atoms with Crippen molar-refractivity contribution in [3.05, 3.63) is 76.1 Å². The number of ether oxygens (including phenoxy) is 1. The minimum atomic E-state index is -0.318. The number of nitrogens with zero attached hydrogens (tertiary/aromatic N) is 1. The second-order valence-electron chi connectivity index (χ2n) is 5.25. The number of rotatable bonds is 6. The lowest BCUT2D eigenvalue weighted by molar-refractivity contribution is 0.0750. The van der Waals surface area contributed by atoms with Crippen LogP contribution in [0.4, 0.5) is 4.39 Å². The van der Waals surface area contributed by atoms with Crippen molar-refractivity contribution in [3.63, 3.8) is 0 Å². The third-order valence-corrected chi connectivity index (χ3v) is 4.25. The molecule has 3 rings (SSSR count). The molecule has 0 spiro atoms. The van der Waals surface area contributed by atoms with E-state index in [4.69, 9.17) is 9.15 Å². The maximum Gasteiger partial charge on any atom is 0.289 e. The number of hydrogen-bond acceptors (Lipinski definition) is 4. The highest BCUT2D eigenvalue weighted by Gasteiger charge is 2.16. The Morgan fingerprint density at radius 1 is 1.21 bits per heavy atom. The van der Waals surface area contributed by atoms with Crippen LogP contribution in [0.3, 0.4) is 0 Å². The van der Waals surface area contributed by atoms with Gasteiger partial charge in [0.25, 0.3) is 5.91 Å². The van der Waals surface area contributed by atoms with Crippen molar-refractivity contribution in [2.75, 3.05) is 7.05 Å². The van der Waals surface area contributed by atoms with Crippen LogP contribution in [-0.2, 0) is 13.2 Å². The van der Waals surface area contributed by atoms with Crippen LogP contribution in [0.1, 0.15) is 21.2 Å². The number of amides is 1. The summed E-state index contributed by atoms with van der Waals surface area (Å²) in [4.78, 5) is 15.1. The van der Waals surface area contributed by atoms with Crippen LogP contribution in [0.25, 0.3) is 0 Å². The smallest absolute Gasteiger partial charge is 0.289 e. The molecule has 0 aliphatic carbocycles. The predicted octanol–water partition coefficient (Wildman–Crippen LogP) is 4.33. The molecule has 1 amide bonds. The SMILES string of the molecule is CN(Cc1cccs1)C(=O)c1ccc(COc2ccc(F)cc2)o1. The fraction of sp³-hybridized carbons (Fsp3) is 0.167. The molecular formula is C18H16FNO3S. The van der Waals surface area contributed by atoms with Gasteiger partial charge >= 0.3 is 0 Å². The predicted molar refractivity (Wildman–Crippen MR) is 89.6 cm³/mol. The molecule has 0 aliphatic rings. The second kappa shape index (κ2) is 7.31. The van der Waals surface area contributed by atoms with Crippen molar-refractivity contribution in [3.8, 4) is 5.75 Å². The normalized spacial score (nSPS) is 10.6. The lowest BCUT2D eigenvalue weighted by atomic mass is 10.3. The molecule has 3 aromatic rings. The Hall–Kier alpha value is -2.60. The first-order valence-electron chi connectivity index (χ1n) is 7.37. The summed E-state index contributed by atoms with van der Waals surface area (Å²) in [6, 6.07) is 13.0. The summed E-state index contributed by atoms with van der Waals surface area (Å²) in [5.41, 5.74) is 0. The Bertz CT molecular complexity index is 796. The van der Waals surface area contributed by atoms with E-state index < -0.39 is 0 Å². The third kappa shape index (κ3) is 4.02. The quantitative estimate of drug-likeness (QED) is 0.668. The molecule has 0 unspecified atom stereocenters. The van der Waals surface area contributed by atoms with E-state index in [2.05, 4.69) is 0 Å². The molecule has 6 heteroatoms. The molecule has 24 heavy (non-hydrogen) atoms. The lowest BCUT2D eigenvalue weighted by Gasteiger charge is -2.14. The van der Waals surface area contributed by atoms with Gasteiger partial charge in [-0.25, -0.2) is 4.39 Å². The summed E-state index contributed by atoms with van der Waals surface area (Å²) in [6.45, 7) is 0.714. The zero-order valence-electron chi connectivity index (χ0n) is 13.1. The molecule has 0 radical (unpaired) electrons. The number of halogens is 1. The molecule has 0 saturated heterocycles. The first-order chi connectivity index (χ1) is 11.6. The van der Waals surface area contributed by atoms with Crippen molar-refractivity contribution in [1.82, 2.24) is 4.90 Å². The third-order valence-electron chi connectivity index (χ3n) is 3.39. The van der Waals surface area contributed by atoms with Gasteiger partial charge in [-0.2, -0.15) is 0 Å². The molecule has 0 fully saturated rings. The van der Waals surface area contributed by atoms with Gasteiger partial charge in [-0.1, -0.05) is 6.07 Å². The Labute approximate surface area is 143 Å². The maximum atomic E-state index is 12.8. The minimum absolute atomic E-state index is 0.174. The molecule has 2 aromatic heterocycles. The van der Waals surface area contributed by atoms with Crippen LogP contribution in [0.2, 0.25) is 0 Å². The zero-order valence-corrected chi connectivity index (χ0v) is 13.9. The van der Waals surface area contributed by atoms with Gasteiger partial charge < -0.3 is 14.1 Å². The number of thiophene rings is 1. The van der Waals surface area contributed by atoms with E-state index in [9.17, 15) is 9.18 Å². The number of benzene rings is 1. The molecule has 0 saturated carbocycles. The van der Waals surface area contributed by atoms with Gasteiger partial charge in [-0.15, -0.1) is 11.3 Å². The summed E-state index contributed by atoms with van der Waals surface area (Å²) >= 11 is 1.60. The van der Waals surface area contributed by atoms with Crippen LogP contribution in [-0.4, -0.2) is 17.9 Å². The molecule has 0 aliphatic heterocycles. The van der Waals surface area contributed by atoms with Gasteiger partial charge in [0.1, 0.15) is 23.9 Å². The highest BCUT2D eigenvalue weighted by molar-refractivity contribution is 7.09. The highest BCUT2D eigenvalue weighted by atomic mass is 32.1. The van der Waals surface area contributed by atoms with Crippen LogP contribution in [0.5, 0.6) is 5.75 Å². The molecule has 0 N–H and O–H groups in total. The lowest BCUT2D eigenvalue weighted by Crippen LogP contribution is -2.25. The zero-order chi connectivity index (χ0) is 16.9. The Kier molecular flexibility index (Phi) is 4.96. The van der Waals surface area contributed by atoms with Crippen molar-refractivity contribution in [1.29, 1.82) is 0 Å². The summed E-state index contributed by atoms with van der Waals surface area (Å²) in [5.74, 6) is 0.841. The van der Waals surface area contributed by atoms with Crippen molar-refractivity contribution >= 4 is 17.2 Å². The highest BCUT2D eigenvalue weighted by Crippen LogP contribution is 2.17. The summed E-state index contributed by atoms with van der Waals surface area (Å²) in [6.07, 6.45) is 0. The van der Waals surface area contributed by atoms with E-state index in [1.54, 1.807) is 47.5 Å². The summed E-state index contributed by atoms with van der Waals surface area (Å²) in [5, 5.41) is 1.98. The van der Waals surface area contributed by atoms with Gasteiger partial charge in [0.2, 0.25) is 0 Å². The van der Waals surface area contributed by atoms with Crippen molar-refractivity contribution in [2.45, 2.75) is 13.2 Å². The summed E-state index contributed by atoms with van der Waals surface area (Å²) < 4.78 is 23.9. The molecule has 0 bridgehead atoms. The van der Waals surface area contributed by atoms with Gasteiger partial charge in [0.05, 0.1) is 6.54 Å². The molecule has 4 nitrogen and oxygen atoms in total.